The van der Waals surface area contributed by atoms with Crippen molar-refractivity contribution in [2.45, 2.75) is 170 Å². The fourth-order valence-corrected chi connectivity index (χ4v) is 13.9. The SMILES string of the molecule is C[C@H]1NC(=O)[C@H](CC(=O)O)NC(=O)[C@H](CCCN)NC(=O)CNC(=O)[C@@H](NC(=O)[C@H](CC(=O)O)NC(=O)[C@@H](CC(N)=O)NC(=O)[C@H](Cc2c[nH]c3ccccc23)NC(=O)CCCc2ccc3ccc4cccc5ccc2c3c45)[C@@H](C)OC(=O)[C@H](CC(=O)c2ccccc2N)NC(=O)[C@H]([C@@H](C)CC(=O)O)NC(=O)[C@@H](CO)NC(=O)CNC(=O)[C@H](CC(=O)O)NC1=O. The first kappa shape index (κ1) is 95.7. The predicted octanol–water partition coefficient (Wildman–Crippen LogP) is -3.84. The number of aryl methyl sites for hydroxylation is 1. The van der Waals surface area contributed by atoms with Gasteiger partial charge >= 0.3 is 29.8 Å². The Morgan fingerprint density at radius 1 is 0.512 bits per heavy atom. The van der Waals surface area contributed by atoms with Crippen LogP contribution in [0.3, 0.4) is 0 Å². The molecular formula is C82H97N17O26. The Bertz CT molecular complexity index is 5270. The van der Waals surface area contributed by atoms with E-state index in [1.54, 1.807) is 30.5 Å². The molecule has 0 saturated carbocycles. The number of cyclic esters (lactones) is 1. The van der Waals surface area contributed by atoms with Crippen LogP contribution in [0.1, 0.15) is 106 Å². The zero-order valence-electron chi connectivity index (χ0n) is 67.8. The molecule has 0 bridgehead atoms. The van der Waals surface area contributed by atoms with Crippen molar-refractivity contribution in [3.8, 4) is 0 Å². The van der Waals surface area contributed by atoms with Gasteiger partial charge in [0.1, 0.15) is 72.6 Å². The van der Waals surface area contributed by atoms with Gasteiger partial charge in [-0.1, -0.05) is 91.9 Å². The number of aromatic nitrogens is 1. The summed E-state index contributed by atoms with van der Waals surface area (Å²) in [5.41, 5.74) is 19.1. The van der Waals surface area contributed by atoms with Crippen LogP contribution in [-0.4, -0.2) is 248 Å². The normalized spacial score (nSPS) is 20.6. The van der Waals surface area contributed by atoms with Crippen molar-refractivity contribution in [3.63, 3.8) is 0 Å². The molecule has 666 valence electrons. The van der Waals surface area contributed by atoms with Crippen molar-refractivity contribution < 1.29 is 126 Å². The van der Waals surface area contributed by atoms with Crippen LogP contribution in [0.15, 0.2) is 109 Å². The summed E-state index contributed by atoms with van der Waals surface area (Å²) >= 11 is 0. The molecule has 43 nitrogen and oxygen atoms in total. The van der Waals surface area contributed by atoms with Crippen molar-refractivity contribution >= 4 is 167 Å². The van der Waals surface area contributed by atoms with Gasteiger partial charge in [-0.2, -0.15) is 0 Å². The quantitative estimate of drug-likeness (QED) is 0.00856. The Morgan fingerprint density at radius 3 is 1.70 bits per heavy atom. The predicted molar refractivity (Wildman–Crippen MR) is 441 cm³/mol. The third-order valence-electron chi connectivity index (χ3n) is 20.3. The minimum atomic E-state index is -2.47. The van der Waals surface area contributed by atoms with Crippen molar-refractivity contribution in [2.75, 3.05) is 32.0 Å². The number of fused-ring (bicyclic) bond motifs is 1. The molecule has 0 spiro atoms. The lowest BCUT2D eigenvalue weighted by molar-refractivity contribution is -0.156. The van der Waals surface area contributed by atoms with Crippen LogP contribution in [0.2, 0.25) is 0 Å². The van der Waals surface area contributed by atoms with Crippen LogP contribution in [0.5, 0.6) is 0 Å². The number of aliphatic carboxylic acids is 4. The van der Waals surface area contributed by atoms with E-state index < -0.39 is 261 Å². The lowest BCUT2D eigenvalue weighted by atomic mass is 9.90. The van der Waals surface area contributed by atoms with Gasteiger partial charge in [0.05, 0.1) is 51.8 Å². The zero-order valence-corrected chi connectivity index (χ0v) is 67.8. The van der Waals surface area contributed by atoms with Gasteiger partial charge in [0.25, 0.3) is 0 Å². The lowest BCUT2D eigenvalue weighted by Gasteiger charge is -2.30. The number of nitrogens with two attached hydrogens (primary N) is 3. The molecule has 14 amide bonds. The van der Waals surface area contributed by atoms with E-state index in [1.807, 2.05) is 70.5 Å². The number of hydrogen-bond donors (Lipinski definition) is 22. The van der Waals surface area contributed by atoms with Crippen molar-refractivity contribution in [3.05, 3.63) is 126 Å². The third-order valence-corrected chi connectivity index (χ3v) is 20.3. The maximum Gasteiger partial charge on any atom is 0.329 e. The van der Waals surface area contributed by atoms with E-state index in [4.69, 9.17) is 21.9 Å². The van der Waals surface area contributed by atoms with E-state index in [0.29, 0.717) is 22.9 Å². The molecule has 0 radical (unpaired) electrons. The maximum absolute atomic E-state index is 14.9. The number of aromatic amines is 1. The van der Waals surface area contributed by atoms with Crippen LogP contribution in [-0.2, 0) is 109 Å². The van der Waals surface area contributed by atoms with Gasteiger partial charge in [-0.25, -0.2) is 4.79 Å². The molecule has 0 unspecified atom stereocenters. The highest BCUT2D eigenvalue weighted by molar-refractivity contribution is 6.23. The van der Waals surface area contributed by atoms with Gasteiger partial charge in [-0.05, 0) is 114 Å². The van der Waals surface area contributed by atoms with Crippen molar-refractivity contribution in [2.24, 2.45) is 17.4 Å². The fourth-order valence-electron chi connectivity index (χ4n) is 13.9. The Balaban J connectivity index is 1.12. The summed E-state index contributed by atoms with van der Waals surface area (Å²) in [5, 5.41) is 85.3. The fraction of sp³-hybridized carbons (Fsp3) is 0.390. The molecule has 2 heterocycles. The van der Waals surface area contributed by atoms with E-state index in [1.165, 1.54) is 24.3 Å². The number of amides is 14. The van der Waals surface area contributed by atoms with E-state index >= 15 is 0 Å². The van der Waals surface area contributed by atoms with Gasteiger partial charge in [0, 0.05) is 47.6 Å². The van der Waals surface area contributed by atoms with Crippen LogP contribution in [0, 0.1) is 5.92 Å². The van der Waals surface area contributed by atoms with E-state index in [-0.39, 0.29) is 43.5 Å². The molecule has 125 heavy (non-hydrogen) atoms. The average Bonchev–Trinajstić information content (AvgIpc) is 0.976. The number of ether oxygens (including phenoxy) is 1. The molecule has 7 aromatic rings. The standard InChI is InChI=1S/C82H97N17O26/c1-38(27-64(106)107)70-81(123)97-57(29-59(101)48-15-4-6-16-49(48)84)82(124)125-40(3)71(80(122)88-36-62(104)90-51(18-10-26-83)74(116)95-55(32-66(110)111)75(117)89-39(2)72(114)93-54(31-65(108)109)73(115)87-35-63(105)92-58(37-100)79(121)98-70)99-78(120)56(33-67(112)113)96-77(119)53(30-60(85)102)94-76(118)52(28-45-34-86-50-17-7-5-14-46(45)50)91-61(103)19-9-11-41-20-21-44-23-22-42-12-8-13-43-24-25-47(41)69(44)68(42)43/h4-8,12-17,20-25,34,38-40,51-58,70-71,86,100H,9-11,18-19,26-33,35-37,83-84H2,1-3H3,(H2,85,102)(H,87,115)(H,88,122)(H,89,117)(H,90,104)(H,91,103)(H,92,105)(H,93,114)(H,94,118)(H,95,116)(H,96,119)(H,97,123)(H,98,121)(H,99,120)(H,106,107)(H,108,109)(H,110,111)(H,112,113)/t38-,39+,40+,51-,52-,53+,54-,55-,56-,57-,58+,70-,71-/m0/s1. The molecule has 1 aromatic heterocycles. The monoisotopic (exact) mass is 1740 g/mol. The number of nitrogen functional groups attached to an aromatic ring is 1. The molecular weight excluding hydrogens is 1640 g/mol. The number of rotatable bonds is 31. The lowest BCUT2D eigenvalue weighted by Crippen LogP contribution is -2.62. The summed E-state index contributed by atoms with van der Waals surface area (Å²) in [6, 6.07) is 7.32. The highest BCUT2D eigenvalue weighted by atomic mass is 16.5. The Kier molecular flexibility index (Phi) is 34.2. The highest BCUT2D eigenvalue weighted by Gasteiger charge is 2.41. The smallest absolute Gasteiger partial charge is 0.329 e. The topological polar surface area (TPSA) is 702 Å². The minimum Gasteiger partial charge on any atom is -0.481 e. The number of nitrogens with one attached hydrogen (secondary N) is 14. The Hall–Kier alpha value is -14.8. The number of aliphatic hydroxyl groups is 1. The number of esters is 1. The first-order chi connectivity index (χ1) is 59.3. The summed E-state index contributed by atoms with van der Waals surface area (Å²) in [4.78, 5) is 279. The van der Waals surface area contributed by atoms with Crippen molar-refractivity contribution in [1.82, 2.24) is 74.1 Å². The average molecular weight is 1740 g/mol. The number of H-pyrrole nitrogens is 1. The molecule has 43 heteroatoms. The van der Waals surface area contributed by atoms with Crippen LogP contribution < -0.4 is 86.3 Å². The molecule has 1 aliphatic heterocycles. The summed E-state index contributed by atoms with van der Waals surface area (Å²) in [6.45, 7) is -0.981. The molecule has 0 aliphatic carbocycles. The maximum atomic E-state index is 14.9. The number of benzene rings is 6. The molecule has 8 rings (SSSR count). The number of hydrogen-bond acceptors (Lipinski definition) is 24. The molecule has 1 fully saturated rings. The van der Waals surface area contributed by atoms with Gasteiger partial charge in [0.15, 0.2) is 5.78 Å². The Labute approximate surface area is 710 Å². The number of ketones is 1. The molecule has 6 aromatic carbocycles. The van der Waals surface area contributed by atoms with Crippen molar-refractivity contribution in [1.29, 1.82) is 0 Å². The van der Waals surface area contributed by atoms with Gasteiger partial charge < -0.3 is 122 Å². The zero-order chi connectivity index (χ0) is 91.6. The van der Waals surface area contributed by atoms with E-state index in [2.05, 4.69) is 58.2 Å². The first-order valence-corrected chi connectivity index (χ1v) is 39.4. The molecule has 25 N–H and O–H groups in total. The Morgan fingerprint density at radius 2 is 1.07 bits per heavy atom. The number of carbonyl (C=O) groups is 20. The largest absolute Gasteiger partial charge is 0.481 e. The highest BCUT2D eigenvalue weighted by Crippen LogP contribution is 2.36. The minimum absolute atomic E-state index is 0.101. The second-order valence-corrected chi connectivity index (χ2v) is 29.8. The number of carboxylic acids is 4. The number of Topliss-reactive ketones (excluding diaryl/α,β-unsaturated/α-hetero) is 1. The second kappa shape index (κ2) is 44.7. The summed E-state index contributed by atoms with van der Waals surface area (Å²) in [6.07, 6.45) is -7.88. The number of carbonyl (C=O) groups excluding carboxylic acids is 16. The van der Waals surface area contributed by atoms with Gasteiger partial charge in [0.2, 0.25) is 82.7 Å². The number of primary amides is 1. The summed E-state index contributed by atoms with van der Waals surface area (Å²) in [5.74, 6) is -30.0. The first-order valence-electron chi connectivity index (χ1n) is 39.4. The molecule has 1 saturated heterocycles. The molecule has 13 atom stereocenters. The van der Waals surface area contributed by atoms with Gasteiger partial charge in [-0.15, -0.1) is 0 Å². The summed E-state index contributed by atoms with van der Waals surface area (Å²) in [7, 11) is 0. The number of carboxylic acid groups (broad SMARTS) is 4. The second-order valence-electron chi connectivity index (χ2n) is 29.8. The molecule has 1 aliphatic rings. The summed E-state index contributed by atoms with van der Waals surface area (Å²) < 4.78 is 5.71. The van der Waals surface area contributed by atoms with Crippen LogP contribution in [0.4, 0.5) is 5.69 Å². The number of para-hydroxylation sites is 2. The van der Waals surface area contributed by atoms with Crippen LogP contribution >= 0.6 is 0 Å². The van der Waals surface area contributed by atoms with Gasteiger partial charge in [-0.3, -0.25) is 91.1 Å². The van der Waals surface area contributed by atoms with Crippen LogP contribution in [0.25, 0.3) is 43.2 Å². The number of aliphatic hydroxyl groups excluding tert-OH is 1. The third kappa shape index (κ3) is 27.1. The van der Waals surface area contributed by atoms with E-state index in [0.717, 1.165) is 58.7 Å². The van der Waals surface area contributed by atoms with E-state index in [9.17, 15) is 121 Å². The number of anilines is 1.